The third-order valence-electron chi connectivity index (χ3n) is 3.50. The minimum absolute atomic E-state index is 0.131. The van der Waals surface area contributed by atoms with Gasteiger partial charge in [-0.3, -0.25) is 19.0 Å². The molecule has 10 heteroatoms. The quantitative estimate of drug-likeness (QED) is 0.606. The number of anilines is 1. The molecule has 0 bridgehead atoms. The monoisotopic (exact) mass is 411 g/mol. The van der Waals surface area contributed by atoms with Gasteiger partial charge < -0.3 is 5.32 Å². The van der Waals surface area contributed by atoms with Crippen molar-refractivity contribution in [3.63, 3.8) is 0 Å². The van der Waals surface area contributed by atoms with Crippen LogP contribution in [0.25, 0.3) is 5.78 Å². The van der Waals surface area contributed by atoms with E-state index < -0.39 is 0 Å². The molecule has 26 heavy (non-hydrogen) atoms. The van der Waals surface area contributed by atoms with Crippen molar-refractivity contribution in [1.29, 1.82) is 0 Å². The van der Waals surface area contributed by atoms with Gasteiger partial charge in [-0.2, -0.15) is 0 Å². The molecule has 0 aliphatic rings. The van der Waals surface area contributed by atoms with Crippen molar-refractivity contribution >= 4 is 52.3 Å². The van der Waals surface area contributed by atoms with Crippen molar-refractivity contribution < 1.29 is 4.79 Å². The fraction of sp³-hybridized carbons (Fsp3) is 0.250. The number of carbonyl (C=O) groups excluding carboxylic acids is 1. The maximum absolute atomic E-state index is 12.2. The van der Waals surface area contributed by atoms with Gasteiger partial charge in [0, 0.05) is 17.4 Å². The first-order valence-electron chi connectivity index (χ1n) is 7.83. The number of aromatic nitrogens is 4. The first-order valence-corrected chi connectivity index (χ1v) is 9.57. The molecular weight excluding hydrogens is 397 g/mol. The number of hydrogen-bond acceptors (Lipinski definition) is 5. The molecule has 0 aliphatic carbocycles. The Balaban J connectivity index is 1.74. The predicted octanol–water partition coefficient (Wildman–Crippen LogP) is 3.41. The molecule has 0 atom stereocenters. The molecule has 0 saturated heterocycles. The maximum Gasteiger partial charge on any atom is 0.252 e. The number of aromatic amines is 1. The average Bonchev–Trinajstić information content (AvgIpc) is 2.99. The van der Waals surface area contributed by atoms with Gasteiger partial charge in [0.2, 0.25) is 11.7 Å². The molecule has 2 heterocycles. The Bertz CT molecular complexity index is 1020. The molecule has 0 aliphatic heterocycles. The normalized spacial score (nSPS) is 11.0. The van der Waals surface area contributed by atoms with Crippen molar-refractivity contribution in [2.75, 3.05) is 11.1 Å². The number of fused-ring (bicyclic) bond motifs is 1. The second kappa shape index (κ2) is 8.11. The van der Waals surface area contributed by atoms with Gasteiger partial charge in [0.1, 0.15) is 0 Å². The third-order valence-corrected chi connectivity index (χ3v) is 5.16. The molecule has 0 fully saturated rings. The van der Waals surface area contributed by atoms with E-state index >= 15 is 0 Å². The van der Waals surface area contributed by atoms with Gasteiger partial charge in [-0.1, -0.05) is 48.3 Å². The van der Waals surface area contributed by atoms with Crippen LogP contribution in [0.2, 0.25) is 10.0 Å². The van der Waals surface area contributed by atoms with E-state index in [0.717, 1.165) is 12.1 Å². The van der Waals surface area contributed by atoms with Gasteiger partial charge in [-0.25, -0.2) is 0 Å². The van der Waals surface area contributed by atoms with Crippen LogP contribution in [0.4, 0.5) is 5.69 Å². The van der Waals surface area contributed by atoms with Gasteiger partial charge in [0.25, 0.3) is 5.56 Å². The number of benzene rings is 1. The first kappa shape index (κ1) is 18.8. The van der Waals surface area contributed by atoms with Crippen LogP contribution in [0.5, 0.6) is 0 Å². The minimum atomic E-state index is -0.220. The number of aryl methyl sites for hydroxylation is 1. The molecule has 7 nitrogen and oxygen atoms in total. The Morgan fingerprint density at radius 1 is 1.27 bits per heavy atom. The number of amides is 1. The second-order valence-corrected chi connectivity index (χ2v) is 7.24. The molecule has 0 saturated carbocycles. The summed E-state index contributed by atoms with van der Waals surface area (Å²) in [5, 5.41) is 12.1. The van der Waals surface area contributed by atoms with E-state index in [1.807, 2.05) is 6.92 Å². The van der Waals surface area contributed by atoms with Crippen molar-refractivity contribution in [3.05, 3.63) is 50.4 Å². The van der Waals surface area contributed by atoms with Gasteiger partial charge >= 0.3 is 0 Å². The Morgan fingerprint density at radius 2 is 2.08 bits per heavy atom. The van der Waals surface area contributed by atoms with Crippen LogP contribution in [0.1, 0.15) is 19.0 Å². The summed E-state index contributed by atoms with van der Waals surface area (Å²) in [5.74, 6) is 0.283. The van der Waals surface area contributed by atoms with E-state index in [-0.39, 0.29) is 17.2 Å². The highest BCUT2D eigenvalue weighted by Gasteiger charge is 2.13. The fourth-order valence-electron chi connectivity index (χ4n) is 2.41. The van der Waals surface area contributed by atoms with Crippen LogP contribution in [-0.2, 0) is 11.2 Å². The zero-order valence-electron chi connectivity index (χ0n) is 13.8. The van der Waals surface area contributed by atoms with Crippen molar-refractivity contribution in [1.82, 2.24) is 19.6 Å². The molecular formula is C16H15Cl2N5O2S. The Hall–Kier alpha value is -2.03. The van der Waals surface area contributed by atoms with Crippen molar-refractivity contribution in [3.8, 4) is 0 Å². The summed E-state index contributed by atoms with van der Waals surface area (Å²) in [6.45, 7) is 2.02. The zero-order valence-corrected chi connectivity index (χ0v) is 16.1. The Morgan fingerprint density at radius 3 is 2.81 bits per heavy atom. The molecule has 3 rings (SSSR count). The standard InChI is InChI=1S/C16H15Cl2N5O2S/c1-2-3-10-7-13(24)20-15-21-22-16(23(10)15)26-8-14(25)19-9-4-5-11(17)12(18)6-9/h4-7H,2-3,8H2,1H3,(H,19,25)(H,20,21,24). The maximum atomic E-state index is 12.2. The van der Waals surface area contributed by atoms with Crippen LogP contribution < -0.4 is 10.9 Å². The van der Waals surface area contributed by atoms with Gasteiger partial charge in [0.05, 0.1) is 15.8 Å². The van der Waals surface area contributed by atoms with Crippen LogP contribution in [-0.4, -0.2) is 31.2 Å². The topological polar surface area (TPSA) is 92.2 Å². The van der Waals surface area contributed by atoms with E-state index in [1.54, 1.807) is 22.6 Å². The third kappa shape index (κ3) is 4.20. The predicted molar refractivity (Wildman–Crippen MR) is 103 cm³/mol. The van der Waals surface area contributed by atoms with E-state index in [4.69, 9.17) is 23.2 Å². The molecule has 136 valence electrons. The van der Waals surface area contributed by atoms with Crippen LogP contribution >= 0.6 is 35.0 Å². The number of hydrogen-bond donors (Lipinski definition) is 2. The lowest BCUT2D eigenvalue weighted by atomic mass is 10.2. The summed E-state index contributed by atoms with van der Waals surface area (Å²) in [5.41, 5.74) is 1.15. The van der Waals surface area contributed by atoms with Crippen LogP contribution in [0.3, 0.4) is 0 Å². The summed E-state index contributed by atoms with van der Waals surface area (Å²) >= 11 is 13.0. The largest absolute Gasteiger partial charge is 0.325 e. The number of H-pyrrole nitrogens is 1. The molecule has 0 radical (unpaired) electrons. The number of carbonyl (C=O) groups is 1. The van der Waals surface area contributed by atoms with E-state index in [9.17, 15) is 9.59 Å². The fourth-order valence-corrected chi connectivity index (χ4v) is 3.47. The van der Waals surface area contributed by atoms with E-state index in [0.29, 0.717) is 33.1 Å². The van der Waals surface area contributed by atoms with Crippen molar-refractivity contribution in [2.45, 2.75) is 24.9 Å². The molecule has 0 spiro atoms. The number of rotatable bonds is 6. The highest BCUT2D eigenvalue weighted by atomic mass is 35.5. The minimum Gasteiger partial charge on any atom is -0.325 e. The molecule has 2 N–H and O–H groups in total. The highest BCUT2D eigenvalue weighted by Crippen LogP contribution is 2.25. The van der Waals surface area contributed by atoms with Gasteiger partial charge in [-0.15, -0.1) is 10.2 Å². The lowest BCUT2D eigenvalue weighted by Crippen LogP contribution is -2.15. The number of thioether (sulfide) groups is 1. The van der Waals surface area contributed by atoms with Crippen LogP contribution in [0.15, 0.2) is 34.2 Å². The summed E-state index contributed by atoms with van der Waals surface area (Å²) in [7, 11) is 0. The number of nitrogens with one attached hydrogen (secondary N) is 2. The molecule has 1 amide bonds. The summed E-state index contributed by atoms with van der Waals surface area (Å²) in [6.07, 6.45) is 1.58. The Labute approximate surface area is 163 Å². The smallest absolute Gasteiger partial charge is 0.252 e. The SMILES string of the molecule is CCCc1cc(=O)[nH]c2nnc(SCC(=O)Nc3ccc(Cl)c(Cl)c3)n12. The summed E-state index contributed by atoms with van der Waals surface area (Å²) < 4.78 is 1.77. The molecule has 2 aromatic heterocycles. The molecule has 0 unspecified atom stereocenters. The van der Waals surface area contributed by atoms with Gasteiger partial charge in [-0.05, 0) is 24.6 Å². The van der Waals surface area contributed by atoms with E-state index in [1.165, 1.54) is 17.8 Å². The van der Waals surface area contributed by atoms with Crippen molar-refractivity contribution in [2.24, 2.45) is 0 Å². The number of nitrogens with zero attached hydrogens (tertiary/aromatic N) is 3. The average molecular weight is 412 g/mol. The molecule has 3 aromatic rings. The van der Waals surface area contributed by atoms with E-state index in [2.05, 4.69) is 20.5 Å². The summed E-state index contributed by atoms with van der Waals surface area (Å²) in [6, 6.07) is 6.40. The highest BCUT2D eigenvalue weighted by molar-refractivity contribution is 7.99. The Kier molecular flexibility index (Phi) is 5.85. The zero-order chi connectivity index (χ0) is 18.7. The first-order chi connectivity index (χ1) is 12.5. The number of halogens is 2. The van der Waals surface area contributed by atoms with Crippen LogP contribution in [0, 0.1) is 0 Å². The second-order valence-electron chi connectivity index (χ2n) is 5.48. The molecule has 1 aromatic carbocycles. The summed E-state index contributed by atoms with van der Waals surface area (Å²) in [4.78, 5) is 26.5. The lowest BCUT2D eigenvalue weighted by Gasteiger charge is -2.07. The lowest BCUT2D eigenvalue weighted by molar-refractivity contribution is -0.113. The van der Waals surface area contributed by atoms with Gasteiger partial charge in [0.15, 0.2) is 5.16 Å².